The monoisotopic (exact) mass is 259 g/mol. The second-order valence-electron chi connectivity index (χ2n) is 5.41. The minimum absolute atomic E-state index is 0.0746. The summed E-state index contributed by atoms with van der Waals surface area (Å²) in [7, 11) is 5.66. The highest BCUT2D eigenvalue weighted by Crippen LogP contribution is 2.28. The van der Waals surface area contributed by atoms with Gasteiger partial charge in [0.15, 0.2) is 0 Å². The van der Waals surface area contributed by atoms with Crippen molar-refractivity contribution >= 4 is 0 Å². The molecule has 108 valence electrons. The zero-order chi connectivity index (χ0) is 13.6. The fourth-order valence-corrected chi connectivity index (χ4v) is 3.02. The van der Waals surface area contributed by atoms with Crippen molar-refractivity contribution in [3.8, 4) is 0 Å². The van der Waals surface area contributed by atoms with Crippen LogP contribution >= 0.6 is 0 Å². The van der Waals surface area contributed by atoms with E-state index >= 15 is 0 Å². The summed E-state index contributed by atoms with van der Waals surface area (Å²) in [6, 6.07) is 0.361. The number of nitrogens with two attached hydrogens (primary N) is 1. The number of hydrogen-bond acceptors (Lipinski definition) is 5. The molecule has 1 fully saturated rings. The smallest absolute Gasteiger partial charge is 0.0615 e. The lowest BCUT2D eigenvalue weighted by atomic mass is 9.94. The summed E-state index contributed by atoms with van der Waals surface area (Å²) in [6.07, 6.45) is 1.12. The number of methoxy groups -OCH3 is 2. The van der Waals surface area contributed by atoms with E-state index in [2.05, 4.69) is 23.8 Å². The van der Waals surface area contributed by atoms with Crippen LogP contribution in [0.5, 0.6) is 0 Å². The number of likely N-dealkylation sites (N-methyl/N-ethyl adjacent to an activating group) is 1. The maximum atomic E-state index is 6.09. The Kier molecular flexibility index (Phi) is 6.52. The van der Waals surface area contributed by atoms with Crippen molar-refractivity contribution in [2.24, 2.45) is 5.73 Å². The molecular formula is C13H29N3O2. The van der Waals surface area contributed by atoms with Crippen molar-refractivity contribution in [2.45, 2.75) is 24.9 Å². The molecule has 2 unspecified atom stereocenters. The molecule has 0 amide bonds. The number of rotatable bonds is 8. The molecule has 0 saturated carbocycles. The van der Waals surface area contributed by atoms with Gasteiger partial charge in [-0.2, -0.15) is 0 Å². The average Bonchev–Trinajstić information content (AvgIpc) is 2.73. The highest BCUT2D eigenvalue weighted by atomic mass is 16.5. The standard InChI is InChI=1S/C13H29N3O2/c1-12(9-18-4)16(7-8-17-3)13(10-14)5-6-15(2)11-13/h12H,5-11,14H2,1-4H3. The zero-order valence-corrected chi connectivity index (χ0v) is 12.3. The van der Waals surface area contributed by atoms with Crippen LogP contribution in [0.2, 0.25) is 0 Å². The SMILES string of the molecule is COCCN(C(C)COC)C1(CN)CCN(C)C1. The molecule has 0 spiro atoms. The molecule has 0 aromatic carbocycles. The summed E-state index contributed by atoms with van der Waals surface area (Å²) in [5.74, 6) is 0. The topological polar surface area (TPSA) is 51.0 Å². The van der Waals surface area contributed by atoms with E-state index in [0.717, 1.165) is 39.3 Å². The molecule has 1 aliphatic heterocycles. The molecule has 5 nitrogen and oxygen atoms in total. The van der Waals surface area contributed by atoms with E-state index in [4.69, 9.17) is 15.2 Å². The fraction of sp³-hybridized carbons (Fsp3) is 1.00. The van der Waals surface area contributed by atoms with Gasteiger partial charge in [0, 0.05) is 45.4 Å². The number of ether oxygens (including phenoxy) is 2. The molecule has 1 rings (SSSR count). The highest BCUT2D eigenvalue weighted by Gasteiger charge is 2.42. The predicted molar refractivity (Wildman–Crippen MR) is 73.8 cm³/mol. The van der Waals surface area contributed by atoms with Gasteiger partial charge < -0.3 is 20.1 Å². The number of hydrogen-bond donors (Lipinski definition) is 1. The summed E-state index contributed by atoms with van der Waals surface area (Å²) in [5.41, 5.74) is 6.16. The maximum absolute atomic E-state index is 6.09. The van der Waals surface area contributed by atoms with Gasteiger partial charge in [-0.3, -0.25) is 4.90 Å². The Hall–Kier alpha value is -0.200. The third-order valence-corrected chi connectivity index (χ3v) is 3.99. The van der Waals surface area contributed by atoms with Crippen molar-refractivity contribution in [1.29, 1.82) is 0 Å². The molecule has 1 aliphatic rings. The second-order valence-corrected chi connectivity index (χ2v) is 5.41. The lowest BCUT2D eigenvalue weighted by molar-refractivity contribution is 0.00442. The molecule has 0 aromatic rings. The highest BCUT2D eigenvalue weighted by molar-refractivity contribution is 5.00. The molecule has 0 aliphatic carbocycles. The third kappa shape index (κ3) is 3.65. The quantitative estimate of drug-likeness (QED) is 0.665. The minimum Gasteiger partial charge on any atom is -0.383 e. The Balaban J connectivity index is 2.78. The van der Waals surface area contributed by atoms with Crippen LogP contribution in [0.25, 0.3) is 0 Å². The first kappa shape index (κ1) is 15.9. The molecule has 18 heavy (non-hydrogen) atoms. The van der Waals surface area contributed by atoms with Crippen molar-refractivity contribution in [3.63, 3.8) is 0 Å². The van der Waals surface area contributed by atoms with Crippen molar-refractivity contribution < 1.29 is 9.47 Å². The Bertz CT molecular complexity index is 240. The van der Waals surface area contributed by atoms with E-state index < -0.39 is 0 Å². The first-order valence-corrected chi connectivity index (χ1v) is 6.73. The Labute approximate surface area is 111 Å². The molecule has 0 bridgehead atoms. The van der Waals surface area contributed by atoms with Gasteiger partial charge in [-0.25, -0.2) is 0 Å². The van der Waals surface area contributed by atoms with E-state index in [0.29, 0.717) is 12.6 Å². The molecule has 0 radical (unpaired) electrons. The molecule has 2 N–H and O–H groups in total. The van der Waals surface area contributed by atoms with Crippen LogP contribution in [0, 0.1) is 0 Å². The van der Waals surface area contributed by atoms with E-state index in [-0.39, 0.29) is 5.54 Å². The Morgan fingerprint density at radius 1 is 1.39 bits per heavy atom. The van der Waals surface area contributed by atoms with Crippen molar-refractivity contribution in [3.05, 3.63) is 0 Å². The summed E-state index contributed by atoms with van der Waals surface area (Å²) < 4.78 is 10.5. The lowest BCUT2D eigenvalue weighted by Gasteiger charge is -2.44. The summed E-state index contributed by atoms with van der Waals surface area (Å²) >= 11 is 0. The minimum atomic E-state index is 0.0746. The van der Waals surface area contributed by atoms with Gasteiger partial charge >= 0.3 is 0 Å². The second kappa shape index (κ2) is 7.40. The van der Waals surface area contributed by atoms with Crippen molar-refractivity contribution in [2.75, 3.05) is 60.7 Å². The summed E-state index contributed by atoms with van der Waals surface area (Å²) in [4.78, 5) is 4.83. The van der Waals surface area contributed by atoms with Gasteiger partial charge in [0.05, 0.1) is 13.2 Å². The summed E-state index contributed by atoms with van der Waals surface area (Å²) in [6.45, 7) is 7.41. The lowest BCUT2D eigenvalue weighted by Crippen LogP contribution is -2.60. The first-order valence-electron chi connectivity index (χ1n) is 6.73. The molecule has 0 aromatic heterocycles. The van der Waals surface area contributed by atoms with Gasteiger partial charge in [-0.1, -0.05) is 0 Å². The van der Waals surface area contributed by atoms with Gasteiger partial charge in [0.2, 0.25) is 0 Å². The Morgan fingerprint density at radius 3 is 2.56 bits per heavy atom. The first-order chi connectivity index (χ1) is 8.59. The molecular weight excluding hydrogens is 230 g/mol. The number of nitrogens with zero attached hydrogens (tertiary/aromatic N) is 2. The third-order valence-electron chi connectivity index (χ3n) is 3.99. The normalized spacial score (nSPS) is 27.0. The van der Waals surface area contributed by atoms with E-state index in [1.807, 2.05) is 0 Å². The van der Waals surface area contributed by atoms with Crippen LogP contribution in [-0.2, 0) is 9.47 Å². The average molecular weight is 259 g/mol. The van der Waals surface area contributed by atoms with Crippen LogP contribution in [0.1, 0.15) is 13.3 Å². The maximum Gasteiger partial charge on any atom is 0.0615 e. The molecule has 1 saturated heterocycles. The molecule has 5 heteroatoms. The van der Waals surface area contributed by atoms with Crippen LogP contribution in [-0.4, -0.2) is 82.0 Å². The van der Waals surface area contributed by atoms with E-state index in [9.17, 15) is 0 Å². The Morgan fingerprint density at radius 2 is 2.11 bits per heavy atom. The zero-order valence-electron chi connectivity index (χ0n) is 12.3. The predicted octanol–water partition coefficient (Wildman–Crippen LogP) is 0.00270. The van der Waals surface area contributed by atoms with E-state index in [1.54, 1.807) is 14.2 Å². The van der Waals surface area contributed by atoms with Crippen LogP contribution in [0.3, 0.4) is 0 Å². The fourth-order valence-electron chi connectivity index (χ4n) is 3.02. The van der Waals surface area contributed by atoms with Crippen LogP contribution in [0.15, 0.2) is 0 Å². The van der Waals surface area contributed by atoms with Crippen LogP contribution < -0.4 is 5.73 Å². The molecule has 1 heterocycles. The summed E-state index contributed by atoms with van der Waals surface area (Å²) in [5, 5.41) is 0. The number of likely N-dealkylation sites (tertiary alicyclic amines) is 1. The largest absolute Gasteiger partial charge is 0.383 e. The van der Waals surface area contributed by atoms with Gasteiger partial charge in [0.1, 0.15) is 0 Å². The van der Waals surface area contributed by atoms with Gasteiger partial charge in [-0.15, -0.1) is 0 Å². The van der Waals surface area contributed by atoms with Gasteiger partial charge in [0.25, 0.3) is 0 Å². The molecule has 2 atom stereocenters. The van der Waals surface area contributed by atoms with Gasteiger partial charge in [-0.05, 0) is 26.9 Å². The van der Waals surface area contributed by atoms with Crippen molar-refractivity contribution in [1.82, 2.24) is 9.80 Å². The van der Waals surface area contributed by atoms with E-state index in [1.165, 1.54) is 0 Å². The van der Waals surface area contributed by atoms with Crippen LogP contribution in [0.4, 0.5) is 0 Å².